The first kappa shape index (κ1) is 23.7. The number of benzene rings is 3. The predicted octanol–water partition coefficient (Wildman–Crippen LogP) is 5.41. The van der Waals surface area contributed by atoms with Crippen molar-refractivity contribution in [2.24, 2.45) is 0 Å². The van der Waals surface area contributed by atoms with Crippen LogP contribution in [0.25, 0.3) is 11.6 Å². The van der Waals surface area contributed by atoms with Crippen LogP contribution in [-0.2, 0) is 10.0 Å². The van der Waals surface area contributed by atoms with Crippen molar-refractivity contribution >= 4 is 39.2 Å². The van der Waals surface area contributed by atoms with Gasteiger partial charge in [-0.1, -0.05) is 35.9 Å². The van der Waals surface area contributed by atoms with Crippen LogP contribution in [0.5, 0.6) is 5.75 Å². The predicted molar refractivity (Wildman–Crippen MR) is 131 cm³/mol. The highest BCUT2D eigenvalue weighted by Gasteiger charge is 2.27. The van der Waals surface area contributed by atoms with Crippen LogP contribution in [0.4, 0.5) is 0 Å². The molecule has 4 rings (SSSR count). The standard InChI is InChI=1S/C26H21ClN2O4S/c27-23-9-5-20(6-10-23)22(18-28)17-19-3-11-24(12-4-19)33-26(30)21-7-13-25(14-8-21)34(31,32)29-15-1-2-16-29/h3-14,17H,1-2,15-16H2/b22-17-. The minimum Gasteiger partial charge on any atom is -0.423 e. The largest absolute Gasteiger partial charge is 0.423 e. The average molecular weight is 493 g/mol. The van der Waals surface area contributed by atoms with Crippen molar-refractivity contribution in [2.45, 2.75) is 17.7 Å². The zero-order valence-corrected chi connectivity index (χ0v) is 19.7. The third-order valence-electron chi connectivity index (χ3n) is 5.47. The zero-order chi connectivity index (χ0) is 24.1. The van der Waals surface area contributed by atoms with Crippen LogP contribution < -0.4 is 4.74 Å². The highest BCUT2D eigenvalue weighted by molar-refractivity contribution is 7.89. The Kier molecular flexibility index (Phi) is 7.13. The SMILES string of the molecule is N#C/C(=C/c1ccc(OC(=O)c2ccc(S(=O)(=O)N3CCCC3)cc2)cc1)c1ccc(Cl)cc1. The molecular formula is C26H21ClN2O4S. The smallest absolute Gasteiger partial charge is 0.343 e. The topological polar surface area (TPSA) is 87.5 Å². The molecule has 3 aromatic carbocycles. The Hall–Kier alpha value is -3.44. The molecule has 3 aromatic rings. The van der Waals surface area contributed by atoms with Gasteiger partial charge in [0.05, 0.1) is 22.1 Å². The third-order valence-corrected chi connectivity index (χ3v) is 7.64. The number of halogens is 1. The molecule has 0 atom stereocenters. The van der Waals surface area contributed by atoms with Gasteiger partial charge in [0.2, 0.25) is 10.0 Å². The summed E-state index contributed by atoms with van der Waals surface area (Å²) in [5.74, 6) is -0.256. The highest BCUT2D eigenvalue weighted by atomic mass is 35.5. The van der Waals surface area contributed by atoms with E-state index in [0.717, 1.165) is 24.0 Å². The van der Waals surface area contributed by atoms with E-state index in [1.807, 2.05) is 0 Å². The second-order valence-electron chi connectivity index (χ2n) is 7.77. The summed E-state index contributed by atoms with van der Waals surface area (Å²) in [7, 11) is -3.53. The molecule has 1 fully saturated rings. The number of rotatable bonds is 6. The molecule has 1 heterocycles. The summed E-state index contributed by atoms with van der Waals surface area (Å²) in [4.78, 5) is 12.7. The third kappa shape index (κ3) is 5.37. The van der Waals surface area contributed by atoms with E-state index in [0.29, 0.717) is 29.4 Å². The van der Waals surface area contributed by atoms with Crippen molar-refractivity contribution in [2.75, 3.05) is 13.1 Å². The molecule has 172 valence electrons. The van der Waals surface area contributed by atoms with E-state index in [1.54, 1.807) is 54.6 Å². The van der Waals surface area contributed by atoms with E-state index < -0.39 is 16.0 Å². The summed E-state index contributed by atoms with van der Waals surface area (Å²) in [5, 5.41) is 10.1. The summed E-state index contributed by atoms with van der Waals surface area (Å²) < 4.78 is 32.1. The Bertz CT molecular complexity index is 1350. The molecule has 1 saturated heterocycles. The lowest BCUT2D eigenvalue weighted by Crippen LogP contribution is -2.27. The summed E-state index contributed by atoms with van der Waals surface area (Å²) >= 11 is 5.90. The normalized spacial score (nSPS) is 14.5. The van der Waals surface area contributed by atoms with E-state index in [4.69, 9.17) is 16.3 Å². The van der Waals surface area contributed by atoms with Gasteiger partial charge in [0, 0.05) is 18.1 Å². The van der Waals surface area contributed by atoms with E-state index in [2.05, 4.69) is 6.07 Å². The minimum atomic E-state index is -3.53. The first-order valence-corrected chi connectivity index (χ1v) is 12.5. The molecule has 0 radical (unpaired) electrons. The molecule has 0 saturated carbocycles. The van der Waals surface area contributed by atoms with Crippen molar-refractivity contribution < 1.29 is 17.9 Å². The zero-order valence-electron chi connectivity index (χ0n) is 18.1. The maximum absolute atomic E-state index is 12.6. The summed E-state index contributed by atoms with van der Waals surface area (Å²) in [6.07, 6.45) is 3.45. The lowest BCUT2D eigenvalue weighted by molar-refractivity contribution is 0.0734. The van der Waals surface area contributed by atoms with E-state index in [9.17, 15) is 18.5 Å². The Balaban J connectivity index is 1.43. The van der Waals surface area contributed by atoms with Crippen LogP contribution >= 0.6 is 11.6 Å². The molecule has 0 bridgehead atoms. The molecule has 34 heavy (non-hydrogen) atoms. The number of allylic oxidation sites excluding steroid dienone is 1. The number of ether oxygens (including phenoxy) is 1. The van der Waals surface area contributed by atoms with Crippen LogP contribution in [0.15, 0.2) is 77.7 Å². The number of sulfonamides is 1. The molecule has 8 heteroatoms. The van der Waals surface area contributed by atoms with Gasteiger partial charge in [0.1, 0.15) is 5.75 Å². The van der Waals surface area contributed by atoms with Gasteiger partial charge in [0.25, 0.3) is 0 Å². The molecule has 0 spiro atoms. The number of nitriles is 1. The summed E-state index contributed by atoms with van der Waals surface area (Å²) in [6.45, 7) is 1.04. The van der Waals surface area contributed by atoms with Gasteiger partial charge in [-0.15, -0.1) is 0 Å². The summed E-state index contributed by atoms with van der Waals surface area (Å²) in [6, 6.07) is 21.7. The van der Waals surface area contributed by atoms with Gasteiger partial charge in [-0.3, -0.25) is 0 Å². The second-order valence-corrected chi connectivity index (χ2v) is 10.1. The molecule has 0 aliphatic carbocycles. The first-order valence-electron chi connectivity index (χ1n) is 10.7. The van der Waals surface area contributed by atoms with E-state index in [1.165, 1.54) is 28.6 Å². The van der Waals surface area contributed by atoms with Crippen molar-refractivity contribution in [1.82, 2.24) is 4.31 Å². The van der Waals surface area contributed by atoms with Gasteiger partial charge in [0.15, 0.2) is 0 Å². The van der Waals surface area contributed by atoms with Crippen molar-refractivity contribution in [1.29, 1.82) is 5.26 Å². The molecule has 1 aliphatic rings. The van der Waals surface area contributed by atoms with Crippen LogP contribution in [0.2, 0.25) is 5.02 Å². The maximum atomic E-state index is 12.6. The number of hydrogen-bond donors (Lipinski definition) is 0. The van der Waals surface area contributed by atoms with E-state index >= 15 is 0 Å². The van der Waals surface area contributed by atoms with Gasteiger partial charge in [-0.2, -0.15) is 9.57 Å². The number of esters is 1. The van der Waals surface area contributed by atoms with Gasteiger partial charge in [-0.05, 0) is 78.6 Å². The molecule has 6 nitrogen and oxygen atoms in total. The lowest BCUT2D eigenvalue weighted by atomic mass is 10.0. The van der Waals surface area contributed by atoms with Crippen molar-refractivity contribution in [3.8, 4) is 11.8 Å². The monoisotopic (exact) mass is 492 g/mol. The second kappa shape index (κ2) is 10.2. The molecule has 0 amide bonds. The van der Waals surface area contributed by atoms with E-state index in [-0.39, 0.29) is 10.5 Å². The van der Waals surface area contributed by atoms with Gasteiger partial charge in [-0.25, -0.2) is 13.2 Å². The number of carbonyl (C=O) groups excluding carboxylic acids is 1. The summed E-state index contributed by atoms with van der Waals surface area (Å²) in [5.41, 5.74) is 2.24. The Morgan fingerprint density at radius 3 is 2.09 bits per heavy atom. The molecule has 1 aliphatic heterocycles. The van der Waals surface area contributed by atoms with Crippen LogP contribution in [0.3, 0.4) is 0 Å². The molecule has 0 aromatic heterocycles. The number of hydrogen-bond acceptors (Lipinski definition) is 5. The van der Waals surface area contributed by atoms with Crippen LogP contribution in [0.1, 0.15) is 34.3 Å². The molecular weight excluding hydrogens is 472 g/mol. The first-order chi connectivity index (χ1) is 16.4. The Morgan fingerprint density at radius 1 is 0.912 bits per heavy atom. The Morgan fingerprint density at radius 2 is 1.50 bits per heavy atom. The lowest BCUT2D eigenvalue weighted by Gasteiger charge is -2.15. The molecule has 0 N–H and O–H groups in total. The fraction of sp³-hybridized carbons (Fsp3) is 0.154. The van der Waals surface area contributed by atoms with Crippen LogP contribution in [0, 0.1) is 11.3 Å². The van der Waals surface area contributed by atoms with Gasteiger partial charge < -0.3 is 4.74 Å². The average Bonchev–Trinajstić information content (AvgIpc) is 3.40. The van der Waals surface area contributed by atoms with Gasteiger partial charge >= 0.3 is 5.97 Å². The molecule has 0 unspecified atom stereocenters. The fourth-order valence-corrected chi connectivity index (χ4v) is 5.26. The Labute approximate surface area is 203 Å². The van der Waals surface area contributed by atoms with Crippen LogP contribution in [-0.4, -0.2) is 31.8 Å². The van der Waals surface area contributed by atoms with Crippen molar-refractivity contribution in [3.05, 3.63) is 94.5 Å². The van der Waals surface area contributed by atoms with Crippen molar-refractivity contribution in [3.63, 3.8) is 0 Å². The highest BCUT2D eigenvalue weighted by Crippen LogP contribution is 2.23. The minimum absolute atomic E-state index is 0.163. The number of carbonyl (C=O) groups is 1. The number of nitrogens with zero attached hydrogens (tertiary/aromatic N) is 2. The quantitative estimate of drug-likeness (QED) is 0.199. The fourth-order valence-electron chi connectivity index (χ4n) is 3.61. The maximum Gasteiger partial charge on any atom is 0.343 e.